The minimum absolute atomic E-state index is 0. The molecule has 27 heavy (non-hydrogen) atoms. The zero-order valence-electron chi connectivity index (χ0n) is 15.3. The lowest BCUT2D eigenvalue weighted by Gasteiger charge is -2.24. The molecule has 5 nitrogen and oxygen atoms in total. The molecule has 3 rings (SSSR count). The van der Waals surface area contributed by atoms with Gasteiger partial charge in [-0.2, -0.15) is 0 Å². The van der Waals surface area contributed by atoms with Gasteiger partial charge in [0.25, 0.3) is 11.8 Å². The number of likely N-dealkylation sites (N-methyl/N-ethyl adjacent to an activating group) is 1. The lowest BCUT2D eigenvalue weighted by molar-refractivity contribution is 0.0743. The number of benzene rings is 2. The third kappa shape index (κ3) is 4.64. The Morgan fingerprint density at radius 3 is 2.63 bits per heavy atom. The third-order valence-electron chi connectivity index (χ3n) is 4.75. The number of hydrogen-bond acceptors (Lipinski definition) is 3. The fourth-order valence-corrected chi connectivity index (χ4v) is 3.06. The van der Waals surface area contributed by atoms with Crippen molar-refractivity contribution in [1.82, 2.24) is 10.2 Å². The van der Waals surface area contributed by atoms with Crippen molar-refractivity contribution in [2.45, 2.75) is 19.4 Å². The van der Waals surface area contributed by atoms with Crippen LogP contribution in [-0.2, 0) is 0 Å². The van der Waals surface area contributed by atoms with E-state index >= 15 is 0 Å². The molecular weight excluding hydrogens is 369 g/mol. The maximum absolute atomic E-state index is 13.8. The molecule has 1 unspecified atom stereocenters. The van der Waals surface area contributed by atoms with Crippen LogP contribution in [0.25, 0.3) is 0 Å². The van der Waals surface area contributed by atoms with Crippen molar-refractivity contribution in [2.24, 2.45) is 0 Å². The maximum Gasteiger partial charge on any atom is 0.258 e. The Bertz CT molecular complexity index is 838. The van der Waals surface area contributed by atoms with E-state index in [0.29, 0.717) is 11.3 Å². The molecule has 1 aliphatic heterocycles. The first-order valence-electron chi connectivity index (χ1n) is 8.62. The van der Waals surface area contributed by atoms with Gasteiger partial charge in [-0.25, -0.2) is 4.39 Å². The quantitative estimate of drug-likeness (QED) is 0.841. The summed E-state index contributed by atoms with van der Waals surface area (Å²) >= 11 is 0. The Kier molecular flexibility index (Phi) is 6.93. The Morgan fingerprint density at radius 1 is 1.22 bits per heavy atom. The number of aryl methyl sites for hydroxylation is 1. The van der Waals surface area contributed by atoms with Crippen LogP contribution in [0.4, 0.5) is 10.1 Å². The number of amides is 2. The second-order valence-electron chi connectivity index (χ2n) is 6.53. The standard InChI is InChI=1S/C20H22FN3O2.ClH/c1-13-7-8-14(20(26)24(2)15-9-10-22-12-15)11-18(13)23-19(25)16-5-3-4-6-17(16)21;/h3-8,11,15,22H,9-10,12H2,1-2H3,(H,23,25);1H. The molecule has 144 valence electrons. The normalized spacial score (nSPS) is 15.7. The van der Waals surface area contributed by atoms with Crippen LogP contribution in [-0.4, -0.2) is 42.9 Å². The molecule has 0 aromatic heterocycles. The molecule has 1 fully saturated rings. The van der Waals surface area contributed by atoms with Gasteiger partial charge in [0.15, 0.2) is 0 Å². The molecule has 1 atom stereocenters. The Morgan fingerprint density at radius 2 is 1.96 bits per heavy atom. The summed E-state index contributed by atoms with van der Waals surface area (Å²) in [6.07, 6.45) is 0.922. The van der Waals surface area contributed by atoms with Crippen molar-refractivity contribution in [3.63, 3.8) is 0 Å². The summed E-state index contributed by atoms with van der Waals surface area (Å²) in [6.45, 7) is 3.51. The number of carbonyl (C=O) groups is 2. The first-order chi connectivity index (χ1) is 12.5. The SMILES string of the molecule is Cc1ccc(C(=O)N(C)C2CCNC2)cc1NC(=O)c1ccccc1F.Cl. The second kappa shape index (κ2) is 8.97. The highest BCUT2D eigenvalue weighted by atomic mass is 35.5. The van der Waals surface area contributed by atoms with Crippen molar-refractivity contribution >= 4 is 29.9 Å². The minimum atomic E-state index is -0.580. The first kappa shape index (κ1) is 20.9. The highest BCUT2D eigenvalue weighted by Gasteiger charge is 2.24. The zero-order valence-corrected chi connectivity index (χ0v) is 16.1. The molecule has 0 aliphatic carbocycles. The summed E-state index contributed by atoms with van der Waals surface area (Å²) in [6, 6.07) is 11.2. The van der Waals surface area contributed by atoms with E-state index < -0.39 is 11.7 Å². The lowest BCUT2D eigenvalue weighted by Crippen LogP contribution is -2.38. The van der Waals surface area contributed by atoms with E-state index in [4.69, 9.17) is 0 Å². The van der Waals surface area contributed by atoms with Crippen molar-refractivity contribution in [3.05, 3.63) is 65.0 Å². The van der Waals surface area contributed by atoms with E-state index in [0.717, 1.165) is 25.1 Å². The molecule has 1 aliphatic rings. The summed E-state index contributed by atoms with van der Waals surface area (Å²) in [4.78, 5) is 26.8. The minimum Gasteiger partial charge on any atom is -0.337 e. The second-order valence-corrected chi connectivity index (χ2v) is 6.53. The van der Waals surface area contributed by atoms with Gasteiger partial charge in [0.2, 0.25) is 0 Å². The largest absolute Gasteiger partial charge is 0.337 e. The highest BCUT2D eigenvalue weighted by Crippen LogP contribution is 2.21. The molecular formula is C20H23ClFN3O2. The Labute approximate surface area is 164 Å². The lowest BCUT2D eigenvalue weighted by atomic mass is 10.1. The molecule has 0 spiro atoms. The number of nitrogens with zero attached hydrogens (tertiary/aromatic N) is 1. The molecule has 0 radical (unpaired) electrons. The van der Waals surface area contributed by atoms with Crippen LogP contribution in [0.5, 0.6) is 0 Å². The van der Waals surface area contributed by atoms with Crippen LogP contribution in [0.15, 0.2) is 42.5 Å². The summed E-state index contributed by atoms with van der Waals surface area (Å²) in [7, 11) is 1.79. The third-order valence-corrected chi connectivity index (χ3v) is 4.75. The molecule has 2 amide bonds. The fourth-order valence-electron chi connectivity index (χ4n) is 3.06. The predicted molar refractivity (Wildman–Crippen MR) is 106 cm³/mol. The van der Waals surface area contributed by atoms with Gasteiger partial charge >= 0.3 is 0 Å². The van der Waals surface area contributed by atoms with Crippen molar-refractivity contribution in [1.29, 1.82) is 0 Å². The number of rotatable bonds is 4. The molecule has 0 bridgehead atoms. The van der Waals surface area contributed by atoms with E-state index in [-0.39, 0.29) is 29.9 Å². The van der Waals surface area contributed by atoms with E-state index in [1.807, 2.05) is 6.92 Å². The number of nitrogens with one attached hydrogen (secondary N) is 2. The van der Waals surface area contributed by atoms with Gasteiger partial charge < -0.3 is 15.5 Å². The molecule has 7 heteroatoms. The van der Waals surface area contributed by atoms with Crippen LogP contribution < -0.4 is 10.6 Å². The summed E-state index contributed by atoms with van der Waals surface area (Å²) in [5, 5.41) is 5.95. The van der Waals surface area contributed by atoms with E-state index in [1.165, 1.54) is 18.2 Å². The monoisotopic (exact) mass is 391 g/mol. The average molecular weight is 392 g/mol. The van der Waals surface area contributed by atoms with Crippen molar-refractivity contribution < 1.29 is 14.0 Å². The van der Waals surface area contributed by atoms with Crippen LogP contribution >= 0.6 is 12.4 Å². The van der Waals surface area contributed by atoms with E-state index in [2.05, 4.69) is 10.6 Å². The van der Waals surface area contributed by atoms with Gasteiger partial charge in [-0.1, -0.05) is 18.2 Å². The van der Waals surface area contributed by atoms with Gasteiger partial charge in [-0.15, -0.1) is 12.4 Å². The van der Waals surface area contributed by atoms with Crippen LogP contribution in [0.2, 0.25) is 0 Å². The summed E-state index contributed by atoms with van der Waals surface area (Å²) < 4.78 is 13.8. The van der Waals surface area contributed by atoms with Crippen molar-refractivity contribution in [2.75, 3.05) is 25.5 Å². The van der Waals surface area contributed by atoms with E-state index in [9.17, 15) is 14.0 Å². The van der Waals surface area contributed by atoms with Crippen LogP contribution in [0.3, 0.4) is 0 Å². The van der Waals surface area contributed by atoms with Crippen molar-refractivity contribution in [3.8, 4) is 0 Å². The smallest absolute Gasteiger partial charge is 0.258 e. The topological polar surface area (TPSA) is 61.4 Å². The number of carbonyl (C=O) groups excluding carboxylic acids is 2. The molecule has 2 N–H and O–H groups in total. The van der Waals surface area contributed by atoms with Gasteiger partial charge in [0.1, 0.15) is 5.82 Å². The summed E-state index contributed by atoms with van der Waals surface area (Å²) in [5.74, 6) is -1.22. The maximum atomic E-state index is 13.8. The molecule has 0 saturated carbocycles. The van der Waals surface area contributed by atoms with Gasteiger partial charge in [0.05, 0.1) is 5.56 Å². The molecule has 2 aromatic carbocycles. The zero-order chi connectivity index (χ0) is 18.7. The Balaban J connectivity index is 0.00000261. The number of hydrogen-bond donors (Lipinski definition) is 2. The van der Waals surface area contributed by atoms with Gasteiger partial charge in [-0.3, -0.25) is 9.59 Å². The molecule has 2 aromatic rings. The van der Waals surface area contributed by atoms with Crippen LogP contribution in [0, 0.1) is 12.7 Å². The number of halogens is 2. The predicted octanol–water partition coefficient (Wildman–Crippen LogP) is 3.24. The molecule has 1 heterocycles. The van der Waals surface area contributed by atoms with Gasteiger partial charge in [0, 0.05) is 30.9 Å². The summed E-state index contributed by atoms with van der Waals surface area (Å²) in [5.41, 5.74) is 1.77. The highest BCUT2D eigenvalue weighted by molar-refractivity contribution is 6.05. The Hall–Kier alpha value is -2.44. The molecule has 1 saturated heterocycles. The fraction of sp³-hybridized carbons (Fsp3) is 0.300. The first-order valence-corrected chi connectivity index (χ1v) is 8.62. The van der Waals surface area contributed by atoms with Gasteiger partial charge in [-0.05, 0) is 49.7 Å². The van der Waals surface area contributed by atoms with Crippen LogP contribution in [0.1, 0.15) is 32.7 Å². The van der Waals surface area contributed by atoms with E-state index in [1.54, 1.807) is 36.2 Å². The number of anilines is 1. The average Bonchev–Trinajstić information content (AvgIpc) is 3.17.